The molecule has 11 heteroatoms. The van der Waals surface area contributed by atoms with Crippen LogP contribution >= 0.6 is 34.5 Å². The minimum atomic E-state index is -0.653. The molecule has 0 unspecified atom stereocenters. The van der Waals surface area contributed by atoms with E-state index < -0.39 is 17.2 Å². The van der Waals surface area contributed by atoms with Crippen molar-refractivity contribution in [1.82, 2.24) is 18.7 Å². The summed E-state index contributed by atoms with van der Waals surface area (Å²) in [5.74, 6) is -0.0952. The van der Waals surface area contributed by atoms with Crippen LogP contribution in [0.25, 0.3) is 10.2 Å². The lowest BCUT2D eigenvalue weighted by Gasteiger charge is -2.08. The van der Waals surface area contributed by atoms with Crippen LogP contribution < -0.4 is 11.2 Å². The Kier molecular flexibility index (Phi) is 5.69. The van der Waals surface area contributed by atoms with Crippen molar-refractivity contribution in [2.45, 2.75) is 33.4 Å². The number of imidazole rings is 1. The van der Waals surface area contributed by atoms with Crippen LogP contribution in [0.2, 0.25) is 10.3 Å². The topological polar surface area (TPSA) is 88.1 Å². The van der Waals surface area contributed by atoms with Gasteiger partial charge in [0.05, 0.1) is 24.6 Å². The van der Waals surface area contributed by atoms with Gasteiger partial charge in [0.25, 0.3) is 5.56 Å². The largest absolute Gasteiger partial charge is 0.465 e. The Morgan fingerprint density at radius 2 is 1.93 bits per heavy atom. The quantitative estimate of drug-likeness (QED) is 0.564. The highest BCUT2D eigenvalue weighted by molar-refractivity contribution is 7.19. The summed E-state index contributed by atoms with van der Waals surface area (Å²) in [4.78, 5) is 43.1. The standard InChI is InChI=1S/C17H18Cl2N4O4S/c1-5-6-22-15-11(14(24)21(3)17(22)26)10(16(25)27-4)9(28-15)7-23-8(2)20-12(18)13(23)19/h5-7H2,1-4H3. The van der Waals surface area contributed by atoms with Gasteiger partial charge in [0.1, 0.15) is 15.8 Å². The SMILES string of the molecule is CCCn1c(=O)n(C)c(=O)c2c(C(=O)OC)c(Cn3c(C)nc(Cl)c3Cl)sc21. The summed E-state index contributed by atoms with van der Waals surface area (Å²) in [7, 11) is 2.64. The molecule has 3 aromatic rings. The molecular formula is C17H18Cl2N4O4S. The minimum Gasteiger partial charge on any atom is -0.465 e. The molecule has 28 heavy (non-hydrogen) atoms. The van der Waals surface area contributed by atoms with Gasteiger partial charge in [0.2, 0.25) is 0 Å². The van der Waals surface area contributed by atoms with E-state index in [-0.39, 0.29) is 27.8 Å². The zero-order valence-corrected chi connectivity index (χ0v) is 18.0. The summed E-state index contributed by atoms with van der Waals surface area (Å²) in [6.07, 6.45) is 0.691. The summed E-state index contributed by atoms with van der Waals surface area (Å²) < 4.78 is 9.07. The average molecular weight is 445 g/mol. The first-order valence-corrected chi connectivity index (χ1v) is 10.0. The third-order valence-corrected chi connectivity index (χ3v) is 6.38. The van der Waals surface area contributed by atoms with Gasteiger partial charge in [-0.3, -0.25) is 13.9 Å². The maximum Gasteiger partial charge on any atom is 0.339 e. The Balaban J connectivity index is 2.38. The van der Waals surface area contributed by atoms with Gasteiger partial charge in [-0.05, 0) is 13.3 Å². The lowest BCUT2D eigenvalue weighted by atomic mass is 10.2. The van der Waals surface area contributed by atoms with E-state index in [1.165, 1.54) is 30.1 Å². The van der Waals surface area contributed by atoms with E-state index >= 15 is 0 Å². The summed E-state index contributed by atoms with van der Waals surface area (Å²) >= 11 is 13.4. The van der Waals surface area contributed by atoms with Gasteiger partial charge in [-0.25, -0.2) is 14.6 Å². The molecule has 0 fully saturated rings. The van der Waals surface area contributed by atoms with Crippen LogP contribution in [0.1, 0.15) is 34.4 Å². The zero-order valence-electron chi connectivity index (χ0n) is 15.7. The first-order chi connectivity index (χ1) is 13.2. The van der Waals surface area contributed by atoms with E-state index in [2.05, 4.69) is 4.98 Å². The Labute approximate surface area is 173 Å². The van der Waals surface area contributed by atoms with E-state index in [4.69, 9.17) is 27.9 Å². The Bertz CT molecular complexity index is 1200. The van der Waals surface area contributed by atoms with Gasteiger partial charge < -0.3 is 9.30 Å². The molecule has 0 aliphatic heterocycles. The smallest absolute Gasteiger partial charge is 0.339 e. The van der Waals surface area contributed by atoms with Gasteiger partial charge in [0, 0.05) is 18.5 Å². The number of thiophene rings is 1. The molecule has 0 aromatic carbocycles. The lowest BCUT2D eigenvalue weighted by Crippen LogP contribution is -2.38. The van der Waals surface area contributed by atoms with Crippen molar-refractivity contribution in [1.29, 1.82) is 0 Å². The Morgan fingerprint density at radius 3 is 2.46 bits per heavy atom. The molecule has 0 N–H and O–H groups in total. The molecule has 0 aliphatic rings. The first kappa shape index (κ1) is 20.6. The van der Waals surface area contributed by atoms with Crippen LogP contribution in [0, 0.1) is 6.92 Å². The fourth-order valence-corrected chi connectivity index (χ4v) is 4.79. The number of aryl methyl sites for hydroxylation is 2. The Hall–Kier alpha value is -2.10. The molecule has 0 saturated heterocycles. The molecule has 3 rings (SSSR count). The number of carbonyl (C=O) groups excluding carboxylic acids is 1. The predicted octanol–water partition coefficient (Wildman–Crippen LogP) is 2.82. The van der Waals surface area contributed by atoms with Crippen LogP contribution in [0.15, 0.2) is 9.59 Å². The van der Waals surface area contributed by atoms with Crippen molar-refractivity contribution in [2.75, 3.05) is 7.11 Å². The second kappa shape index (κ2) is 7.73. The van der Waals surface area contributed by atoms with Gasteiger partial charge in [-0.2, -0.15) is 0 Å². The maximum absolute atomic E-state index is 12.8. The van der Waals surface area contributed by atoms with Gasteiger partial charge in [0.15, 0.2) is 5.15 Å². The maximum atomic E-state index is 12.8. The average Bonchev–Trinajstić information content (AvgIpc) is 3.15. The molecule has 0 saturated carbocycles. The van der Waals surface area contributed by atoms with E-state index in [1.54, 1.807) is 11.5 Å². The number of ether oxygens (including phenoxy) is 1. The summed E-state index contributed by atoms with van der Waals surface area (Å²) in [5, 5.41) is 0.548. The highest BCUT2D eigenvalue weighted by Gasteiger charge is 2.27. The fourth-order valence-electron chi connectivity index (χ4n) is 3.06. The number of halogens is 2. The van der Waals surface area contributed by atoms with Crippen LogP contribution in [0.5, 0.6) is 0 Å². The third kappa shape index (κ3) is 3.17. The monoisotopic (exact) mass is 444 g/mol. The molecular weight excluding hydrogens is 427 g/mol. The molecule has 0 amide bonds. The number of carbonyl (C=O) groups is 1. The van der Waals surface area contributed by atoms with E-state index in [9.17, 15) is 14.4 Å². The summed E-state index contributed by atoms with van der Waals surface area (Å²) in [6, 6.07) is 0. The molecule has 8 nitrogen and oxygen atoms in total. The number of hydrogen-bond acceptors (Lipinski definition) is 6. The molecule has 0 atom stereocenters. The number of esters is 1. The van der Waals surface area contributed by atoms with E-state index in [0.717, 1.165) is 4.57 Å². The van der Waals surface area contributed by atoms with Crippen molar-refractivity contribution in [3.05, 3.63) is 47.4 Å². The van der Waals surface area contributed by atoms with Gasteiger partial charge in [-0.15, -0.1) is 11.3 Å². The molecule has 3 heterocycles. The Morgan fingerprint density at radius 1 is 1.25 bits per heavy atom. The van der Waals surface area contributed by atoms with Crippen LogP contribution in [-0.2, 0) is 24.9 Å². The second-order valence-corrected chi connectivity index (χ2v) is 8.00. The van der Waals surface area contributed by atoms with Crippen molar-refractivity contribution in [2.24, 2.45) is 7.05 Å². The van der Waals surface area contributed by atoms with E-state index in [1.807, 2.05) is 6.92 Å². The van der Waals surface area contributed by atoms with Crippen molar-refractivity contribution >= 4 is 50.7 Å². The van der Waals surface area contributed by atoms with Crippen molar-refractivity contribution in [3.8, 4) is 0 Å². The lowest BCUT2D eigenvalue weighted by molar-refractivity contribution is 0.0602. The molecule has 0 bridgehead atoms. The minimum absolute atomic E-state index is 0.133. The molecule has 0 radical (unpaired) electrons. The molecule has 0 aliphatic carbocycles. The van der Waals surface area contributed by atoms with Gasteiger partial charge in [-0.1, -0.05) is 30.1 Å². The summed E-state index contributed by atoms with van der Waals surface area (Å²) in [6.45, 7) is 4.24. The van der Waals surface area contributed by atoms with Gasteiger partial charge >= 0.3 is 11.7 Å². The fraction of sp³-hybridized carbons (Fsp3) is 0.412. The first-order valence-electron chi connectivity index (χ1n) is 8.44. The normalized spacial score (nSPS) is 11.4. The molecule has 150 valence electrons. The predicted molar refractivity (Wildman–Crippen MR) is 109 cm³/mol. The van der Waals surface area contributed by atoms with Crippen molar-refractivity contribution in [3.63, 3.8) is 0 Å². The third-order valence-electron chi connectivity index (χ3n) is 4.44. The van der Waals surface area contributed by atoms with Crippen molar-refractivity contribution < 1.29 is 9.53 Å². The number of fused-ring (bicyclic) bond motifs is 1. The number of hydrogen-bond donors (Lipinski definition) is 0. The second-order valence-electron chi connectivity index (χ2n) is 6.20. The van der Waals surface area contributed by atoms with E-state index in [0.29, 0.717) is 28.5 Å². The zero-order chi connectivity index (χ0) is 20.7. The number of methoxy groups -OCH3 is 1. The van der Waals surface area contributed by atoms with Crippen LogP contribution in [0.4, 0.5) is 0 Å². The number of aromatic nitrogens is 4. The van der Waals surface area contributed by atoms with Crippen LogP contribution in [-0.4, -0.2) is 31.8 Å². The number of nitrogens with zero attached hydrogens (tertiary/aromatic N) is 4. The number of rotatable bonds is 5. The summed E-state index contributed by atoms with van der Waals surface area (Å²) in [5.41, 5.74) is -0.835. The van der Waals surface area contributed by atoms with Crippen LogP contribution in [0.3, 0.4) is 0 Å². The molecule has 3 aromatic heterocycles. The highest BCUT2D eigenvalue weighted by Crippen LogP contribution is 2.32. The highest BCUT2D eigenvalue weighted by atomic mass is 35.5. The molecule has 0 spiro atoms.